The van der Waals surface area contributed by atoms with Gasteiger partial charge in [0, 0.05) is 0 Å². The number of carbonyl (C=O) groups excluding carboxylic acids is 1. The van der Waals surface area contributed by atoms with Crippen LogP contribution in [0.5, 0.6) is 5.75 Å². The molecular formula is C17H19NO5. The Morgan fingerprint density at radius 1 is 1.22 bits per heavy atom. The maximum atomic E-state index is 11.5. The third kappa shape index (κ3) is 6.99. The van der Waals surface area contributed by atoms with Gasteiger partial charge in [0.1, 0.15) is 19.0 Å². The predicted molar refractivity (Wildman–Crippen MR) is 86.7 cm³/mol. The zero-order chi connectivity index (χ0) is 17.1. The lowest BCUT2D eigenvalue weighted by atomic mass is 10.2. The highest BCUT2D eigenvalue weighted by molar-refractivity contribution is 5.87. The highest BCUT2D eigenvalue weighted by Gasteiger charge is 2.04. The van der Waals surface area contributed by atoms with Gasteiger partial charge in [-0.1, -0.05) is 31.4 Å². The molecule has 1 rings (SSSR count). The van der Waals surface area contributed by atoms with Crippen molar-refractivity contribution in [3.8, 4) is 5.75 Å². The number of nitrogens with one attached hydrogen (secondary N) is 1. The Labute approximate surface area is 134 Å². The molecule has 6 nitrogen and oxygen atoms in total. The number of carboxylic acid groups (broad SMARTS) is 1. The minimum absolute atomic E-state index is 0.110. The maximum absolute atomic E-state index is 11.5. The standard InChI is InChI=1S/C17H19NO5/c1-3-5-13(4-2)12-23-17(21)18-10-11-22-15-8-6-14(7-9-15)16(19)20/h3-9H,1-2,10-12H2,(H,18,21)(H,19,20)/b13-5+. The van der Waals surface area contributed by atoms with Gasteiger partial charge in [0.05, 0.1) is 12.1 Å². The molecular weight excluding hydrogens is 298 g/mol. The Hall–Kier alpha value is -3.02. The van der Waals surface area contributed by atoms with E-state index >= 15 is 0 Å². The van der Waals surface area contributed by atoms with Crippen LogP contribution in [0.4, 0.5) is 4.79 Å². The molecule has 0 bridgehead atoms. The van der Waals surface area contributed by atoms with E-state index < -0.39 is 12.1 Å². The molecule has 0 spiro atoms. The lowest BCUT2D eigenvalue weighted by molar-refractivity contribution is 0.0696. The van der Waals surface area contributed by atoms with Crippen LogP contribution < -0.4 is 10.1 Å². The molecule has 0 atom stereocenters. The second kappa shape index (κ2) is 9.83. The van der Waals surface area contributed by atoms with Crippen molar-refractivity contribution in [1.82, 2.24) is 5.32 Å². The average molecular weight is 317 g/mol. The van der Waals surface area contributed by atoms with E-state index in [1.807, 2.05) is 0 Å². The molecule has 1 amide bonds. The van der Waals surface area contributed by atoms with Crippen molar-refractivity contribution in [3.63, 3.8) is 0 Å². The Kier molecular flexibility index (Phi) is 7.71. The van der Waals surface area contributed by atoms with Crippen molar-refractivity contribution in [2.24, 2.45) is 0 Å². The van der Waals surface area contributed by atoms with Gasteiger partial charge in [-0.25, -0.2) is 9.59 Å². The molecule has 0 saturated carbocycles. The first kappa shape index (κ1) is 18.0. The number of amides is 1. The number of carboxylic acids is 1. The van der Waals surface area contributed by atoms with Crippen molar-refractivity contribution in [2.75, 3.05) is 19.8 Å². The van der Waals surface area contributed by atoms with E-state index in [1.165, 1.54) is 12.1 Å². The van der Waals surface area contributed by atoms with Crippen LogP contribution >= 0.6 is 0 Å². The molecule has 0 aliphatic heterocycles. The number of alkyl carbamates (subject to hydrolysis) is 1. The average Bonchev–Trinajstić information content (AvgIpc) is 2.55. The van der Waals surface area contributed by atoms with Crippen LogP contribution in [0.25, 0.3) is 0 Å². The van der Waals surface area contributed by atoms with Gasteiger partial charge in [-0.05, 0) is 29.8 Å². The van der Waals surface area contributed by atoms with Crippen LogP contribution in [0.15, 0.2) is 61.2 Å². The van der Waals surface area contributed by atoms with E-state index in [0.29, 0.717) is 5.75 Å². The summed E-state index contributed by atoms with van der Waals surface area (Å²) in [6.45, 7) is 7.75. The minimum Gasteiger partial charge on any atom is -0.492 e. The molecule has 1 aromatic rings. The van der Waals surface area contributed by atoms with Gasteiger partial charge in [-0.3, -0.25) is 0 Å². The summed E-state index contributed by atoms with van der Waals surface area (Å²) in [6, 6.07) is 6.00. The highest BCUT2D eigenvalue weighted by Crippen LogP contribution is 2.11. The number of carbonyl (C=O) groups is 2. The second-order valence-corrected chi connectivity index (χ2v) is 4.36. The molecule has 6 heteroatoms. The summed E-state index contributed by atoms with van der Waals surface area (Å²) in [5.74, 6) is -0.474. The molecule has 0 heterocycles. The third-order valence-electron chi connectivity index (χ3n) is 2.71. The summed E-state index contributed by atoms with van der Waals surface area (Å²) in [6.07, 6.45) is 4.30. The molecule has 2 N–H and O–H groups in total. The number of ether oxygens (including phenoxy) is 2. The predicted octanol–water partition coefficient (Wildman–Crippen LogP) is 2.79. The Bertz CT molecular complexity index is 590. The molecule has 1 aromatic carbocycles. The van der Waals surface area contributed by atoms with Crippen molar-refractivity contribution in [2.45, 2.75) is 0 Å². The summed E-state index contributed by atoms with van der Waals surface area (Å²) in [5.41, 5.74) is 0.926. The highest BCUT2D eigenvalue weighted by atomic mass is 16.5. The summed E-state index contributed by atoms with van der Waals surface area (Å²) in [4.78, 5) is 22.2. The largest absolute Gasteiger partial charge is 0.492 e. The van der Waals surface area contributed by atoms with E-state index in [1.54, 1.807) is 30.4 Å². The minimum atomic E-state index is -0.995. The molecule has 122 valence electrons. The van der Waals surface area contributed by atoms with Crippen molar-refractivity contribution < 1.29 is 24.2 Å². The van der Waals surface area contributed by atoms with Gasteiger partial charge >= 0.3 is 12.1 Å². The van der Waals surface area contributed by atoms with E-state index in [9.17, 15) is 9.59 Å². The van der Waals surface area contributed by atoms with Crippen molar-refractivity contribution in [1.29, 1.82) is 0 Å². The van der Waals surface area contributed by atoms with Crippen LogP contribution in [0.3, 0.4) is 0 Å². The summed E-state index contributed by atoms with van der Waals surface area (Å²) in [7, 11) is 0. The number of hydrogen-bond acceptors (Lipinski definition) is 4. The lowest BCUT2D eigenvalue weighted by Gasteiger charge is -2.09. The summed E-state index contributed by atoms with van der Waals surface area (Å²) < 4.78 is 10.4. The van der Waals surface area contributed by atoms with Gasteiger partial charge < -0.3 is 19.9 Å². The van der Waals surface area contributed by atoms with Gasteiger partial charge in [0.2, 0.25) is 0 Å². The number of aromatic carboxylic acids is 1. The van der Waals surface area contributed by atoms with E-state index in [-0.39, 0.29) is 25.3 Å². The number of rotatable bonds is 9. The lowest BCUT2D eigenvalue weighted by Crippen LogP contribution is -2.29. The van der Waals surface area contributed by atoms with E-state index in [0.717, 1.165) is 5.57 Å². The quantitative estimate of drug-likeness (QED) is 0.540. The molecule has 0 unspecified atom stereocenters. The van der Waals surface area contributed by atoms with Crippen LogP contribution in [0.1, 0.15) is 10.4 Å². The smallest absolute Gasteiger partial charge is 0.407 e. The zero-order valence-electron chi connectivity index (χ0n) is 12.7. The fourth-order valence-electron chi connectivity index (χ4n) is 1.54. The zero-order valence-corrected chi connectivity index (χ0v) is 12.7. The first-order valence-electron chi connectivity index (χ1n) is 6.87. The molecule has 0 aliphatic carbocycles. The first-order chi connectivity index (χ1) is 11.1. The Balaban J connectivity index is 2.25. The topological polar surface area (TPSA) is 84.9 Å². The van der Waals surface area contributed by atoms with Crippen molar-refractivity contribution in [3.05, 3.63) is 66.8 Å². The molecule has 0 fully saturated rings. The third-order valence-corrected chi connectivity index (χ3v) is 2.71. The van der Waals surface area contributed by atoms with Gasteiger partial charge in [0.15, 0.2) is 0 Å². The van der Waals surface area contributed by atoms with Gasteiger partial charge in [-0.2, -0.15) is 0 Å². The fourth-order valence-corrected chi connectivity index (χ4v) is 1.54. The fraction of sp³-hybridized carbons (Fsp3) is 0.176. The SMILES string of the molecule is C=C/C=C(\C=C)COC(=O)NCCOc1ccc(C(=O)O)cc1. The number of allylic oxidation sites excluding steroid dienone is 2. The molecule has 0 aliphatic rings. The second-order valence-electron chi connectivity index (χ2n) is 4.36. The van der Waals surface area contributed by atoms with E-state index in [2.05, 4.69) is 18.5 Å². The van der Waals surface area contributed by atoms with Crippen LogP contribution in [-0.2, 0) is 4.74 Å². The van der Waals surface area contributed by atoms with Crippen LogP contribution in [0.2, 0.25) is 0 Å². The molecule has 23 heavy (non-hydrogen) atoms. The van der Waals surface area contributed by atoms with E-state index in [4.69, 9.17) is 14.6 Å². The normalized spacial score (nSPS) is 10.5. The van der Waals surface area contributed by atoms with Gasteiger partial charge in [-0.15, -0.1) is 0 Å². The van der Waals surface area contributed by atoms with Crippen LogP contribution in [-0.4, -0.2) is 36.9 Å². The van der Waals surface area contributed by atoms with Crippen LogP contribution in [0, 0.1) is 0 Å². The first-order valence-corrected chi connectivity index (χ1v) is 6.87. The molecule has 0 aromatic heterocycles. The molecule has 0 radical (unpaired) electrons. The number of hydrogen-bond donors (Lipinski definition) is 2. The monoisotopic (exact) mass is 317 g/mol. The number of benzene rings is 1. The summed E-state index contributed by atoms with van der Waals surface area (Å²) in [5, 5.41) is 11.3. The van der Waals surface area contributed by atoms with Crippen molar-refractivity contribution >= 4 is 12.1 Å². The molecule has 0 saturated heterocycles. The van der Waals surface area contributed by atoms with Gasteiger partial charge in [0.25, 0.3) is 0 Å². The maximum Gasteiger partial charge on any atom is 0.407 e. The Morgan fingerprint density at radius 2 is 1.91 bits per heavy atom. The Morgan fingerprint density at radius 3 is 2.48 bits per heavy atom. The summed E-state index contributed by atoms with van der Waals surface area (Å²) >= 11 is 0.